The molecule has 102 valence electrons. The maximum Gasteiger partial charge on any atom is 0.180 e. The number of rotatable bonds is 6. The van der Waals surface area contributed by atoms with Crippen LogP contribution in [0.4, 0.5) is 0 Å². The van der Waals surface area contributed by atoms with Gasteiger partial charge in [0.2, 0.25) is 0 Å². The molecule has 0 heterocycles. The largest absolute Gasteiger partial charge is 0.396 e. The van der Waals surface area contributed by atoms with Crippen molar-refractivity contribution in [1.82, 2.24) is 5.32 Å². The zero-order valence-electron chi connectivity index (χ0n) is 11.1. The summed E-state index contributed by atoms with van der Waals surface area (Å²) in [5.41, 5.74) is 0.883. The molecule has 1 aromatic carbocycles. The molecule has 1 atom stereocenters. The average molecular weight is 271 g/mol. The molecule has 18 heavy (non-hydrogen) atoms. The predicted octanol–water partition coefficient (Wildman–Crippen LogP) is 1.51. The van der Waals surface area contributed by atoms with E-state index in [1.165, 1.54) is 0 Å². The smallest absolute Gasteiger partial charge is 0.180 e. The van der Waals surface area contributed by atoms with Crippen LogP contribution in [0.1, 0.15) is 31.9 Å². The monoisotopic (exact) mass is 271 g/mol. The van der Waals surface area contributed by atoms with Crippen LogP contribution < -0.4 is 5.32 Å². The van der Waals surface area contributed by atoms with Gasteiger partial charge >= 0.3 is 0 Å². The number of benzene rings is 1. The van der Waals surface area contributed by atoms with Gasteiger partial charge in [0.1, 0.15) is 0 Å². The summed E-state index contributed by atoms with van der Waals surface area (Å²) in [5.74, 6) is 0. The van der Waals surface area contributed by atoms with E-state index in [2.05, 4.69) is 5.32 Å². The van der Waals surface area contributed by atoms with Gasteiger partial charge in [0.25, 0.3) is 0 Å². The summed E-state index contributed by atoms with van der Waals surface area (Å²) in [4.78, 5) is 0.341. The quantitative estimate of drug-likeness (QED) is 0.823. The molecule has 0 aliphatic carbocycles. The lowest BCUT2D eigenvalue weighted by atomic mass is 10.0. The normalized spacial score (nSPS) is 13.8. The molecule has 0 spiro atoms. The fraction of sp³-hybridized carbons (Fsp3) is 0.538. The minimum atomic E-state index is -3.25. The van der Waals surface area contributed by atoms with Crippen molar-refractivity contribution in [2.45, 2.75) is 36.5 Å². The van der Waals surface area contributed by atoms with Crippen LogP contribution in [-0.2, 0) is 9.84 Å². The summed E-state index contributed by atoms with van der Waals surface area (Å²) in [7, 11) is -1.45. The molecule has 4 nitrogen and oxygen atoms in total. The molecule has 0 aliphatic rings. The molecule has 0 amide bonds. The van der Waals surface area contributed by atoms with Gasteiger partial charge in [-0.05, 0) is 45.0 Å². The second-order valence-corrected chi connectivity index (χ2v) is 7.02. The standard InChI is InChI=1S/C13H21NO3S/c1-10(2)18(16,17)12-6-4-5-11(9-12)13(14-3)7-8-15/h4-6,9-10,13-15H,7-8H2,1-3H3. The van der Waals surface area contributed by atoms with Crippen molar-refractivity contribution in [3.05, 3.63) is 29.8 Å². The Morgan fingerprint density at radius 3 is 2.50 bits per heavy atom. The summed E-state index contributed by atoms with van der Waals surface area (Å²) in [6, 6.07) is 6.89. The first kappa shape index (κ1) is 15.1. The number of sulfone groups is 1. The van der Waals surface area contributed by atoms with Gasteiger partial charge in [-0.15, -0.1) is 0 Å². The van der Waals surface area contributed by atoms with E-state index in [0.717, 1.165) is 5.56 Å². The minimum Gasteiger partial charge on any atom is -0.396 e. The van der Waals surface area contributed by atoms with Crippen LogP contribution in [0.5, 0.6) is 0 Å². The highest BCUT2D eigenvalue weighted by atomic mass is 32.2. The van der Waals surface area contributed by atoms with E-state index in [1.807, 2.05) is 6.07 Å². The Hall–Kier alpha value is -0.910. The highest BCUT2D eigenvalue weighted by molar-refractivity contribution is 7.92. The van der Waals surface area contributed by atoms with E-state index in [9.17, 15) is 8.42 Å². The Morgan fingerprint density at radius 2 is 2.00 bits per heavy atom. The minimum absolute atomic E-state index is 0.0303. The maximum absolute atomic E-state index is 12.1. The Kier molecular flexibility index (Phi) is 5.31. The third-order valence-corrected chi connectivity index (χ3v) is 5.13. The molecule has 0 saturated carbocycles. The zero-order valence-corrected chi connectivity index (χ0v) is 11.9. The van der Waals surface area contributed by atoms with Crippen molar-refractivity contribution >= 4 is 9.84 Å². The first-order valence-corrected chi connectivity index (χ1v) is 7.60. The Balaban J connectivity index is 3.13. The molecule has 1 rings (SSSR count). The van der Waals surface area contributed by atoms with Crippen molar-refractivity contribution in [1.29, 1.82) is 0 Å². The van der Waals surface area contributed by atoms with Crippen LogP contribution in [0.25, 0.3) is 0 Å². The lowest BCUT2D eigenvalue weighted by molar-refractivity contribution is 0.268. The maximum atomic E-state index is 12.1. The van der Waals surface area contributed by atoms with Gasteiger partial charge in [-0.3, -0.25) is 0 Å². The van der Waals surface area contributed by atoms with Gasteiger partial charge < -0.3 is 10.4 Å². The van der Waals surface area contributed by atoms with Gasteiger partial charge in [-0.1, -0.05) is 12.1 Å². The molecule has 0 saturated heterocycles. The van der Waals surface area contributed by atoms with Crippen LogP contribution in [-0.4, -0.2) is 32.4 Å². The fourth-order valence-corrected chi connectivity index (χ4v) is 2.90. The SMILES string of the molecule is CNC(CCO)c1cccc(S(=O)(=O)C(C)C)c1. The molecule has 0 bridgehead atoms. The molecule has 1 aromatic rings. The number of aliphatic hydroxyl groups is 1. The highest BCUT2D eigenvalue weighted by Gasteiger charge is 2.20. The van der Waals surface area contributed by atoms with Gasteiger partial charge in [-0.25, -0.2) is 8.42 Å². The van der Waals surface area contributed by atoms with Gasteiger partial charge in [0.05, 0.1) is 10.1 Å². The van der Waals surface area contributed by atoms with Crippen LogP contribution in [0.15, 0.2) is 29.2 Å². The first-order chi connectivity index (χ1) is 8.43. The van der Waals surface area contributed by atoms with E-state index in [1.54, 1.807) is 39.1 Å². The Labute approximate surface area is 109 Å². The van der Waals surface area contributed by atoms with E-state index in [0.29, 0.717) is 11.3 Å². The van der Waals surface area contributed by atoms with Crippen LogP contribution in [0.3, 0.4) is 0 Å². The van der Waals surface area contributed by atoms with Crippen molar-refractivity contribution in [2.75, 3.05) is 13.7 Å². The number of nitrogens with one attached hydrogen (secondary N) is 1. The highest BCUT2D eigenvalue weighted by Crippen LogP contribution is 2.22. The lowest BCUT2D eigenvalue weighted by Crippen LogP contribution is -2.19. The first-order valence-electron chi connectivity index (χ1n) is 6.05. The van der Waals surface area contributed by atoms with Crippen molar-refractivity contribution in [2.24, 2.45) is 0 Å². The molecule has 0 fully saturated rings. The van der Waals surface area contributed by atoms with Gasteiger partial charge in [0.15, 0.2) is 9.84 Å². The molecular weight excluding hydrogens is 250 g/mol. The average Bonchev–Trinajstić information content (AvgIpc) is 2.35. The van der Waals surface area contributed by atoms with Crippen molar-refractivity contribution in [3.63, 3.8) is 0 Å². The zero-order chi connectivity index (χ0) is 13.8. The van der Waals surface area contributed by atoms with Gasteiger partial charge in [0, 0.05) is 12.6 Å². The molecule has 1 unspecified atom stereocenters. The number of aliphatic hydroxyl groups excluding tert-OH is 1. The number of hydrogen-bond donors (Lipinski definition) is 2. The van der Waals surface area contributed by atoms with Crippen LogP contribution >= 0.6 is 0 Å². The Morgan fingerprint density at radius 1 is 1.33 bits per heavy atom. The second-order valence-electron chi connectivity index (χ2n) is 4.52. The van der Waals surface area contributed by atoms with Crippen LogP contribution in [0.2, 0.25) is 0 Å². The van der Waals surface area contributed by atoms with Crippen molar-refractivity contribution < 1.29 is 13.5 Å². The third-order valence-electron chi connectivity index (χ3n) is 2.98. The summed E-state index contributed by atoms with van der Waals surface area (Å²) in [6.07, 6.45) is 0.557. The molecular formula is C13H21NO3S. The second kappa shape index (κ2) is 6.31. The van der Waals surface area contributed by atoms with E-state index < -0.39 is 15.1 Å². The fourth-order valence-electron chi connectivity index (χ4n) is 1.79. The molecule has 0 radical (unpaired) electrons. The van der Waals surface area contributed by atoms with E-state index in [4.69, 9.17) is 5.11 Å². The predicted molar refractivity (Wildman–Crippen MR) is 72.3 cm³/mol. The van der Waals surface area contributed by atoms with Crippen LogP contribution in [0, 0.1) is 0 Å². The molecule has 0 aliphatic heterocycles. The molecule has 5 heteroatoms. The van der Waals surface area contributed by atoms with Crippen molar-refractivity contribution in [3.8, 4) is 0 Å². The number of hydrogen-bond acceptors (Lipinski definition) is 4. The summed E-state index contributed by atoms with van der Waals surface area (Å²) in [5, 5.41) is 11.6. The Bertz CT molecular complexity index is 483. The summed E-state index contributed by atoms with van der Waals surface area (Å²) < 4.78 is 24.2. The lowest BCUT2D eigenvalue weighted by Gasteiger charge is -2.17. The summed E-state index contributed by atoms with van der Waals surface area (Å²) in [6.45, 7) is 3.41. The summed E-state index contributed by atoms with van der Waals surface area (Å²) >= 11 is 0. The topological polar surface area (TPSA) is 66.4 Å². The molecule has 2 N–H and O–H groups in total. The molecule has 0 aromatic heterocycles. The van der Waals surface area contributed by atoms with E-state index in [-0.39, 0.29) is 12.6 Å². The van der Waals surface area contributed by atoms with Gasteiger partial charge in [-0.2, -0.15) is 0 Å². The third kappa shape index (κ3) is 3.31. The van der Waals surface area contributed by atoms with E-state index >= 15 is 0 Å².